The molecule has 43 heavy (non-hydrogen) atoms. The van der Waals surface area contributed by atoms with Gasteiger partial charge in [-0.1, -0.05) is 18.2 Å². The van der Waals surface area contributed by atoms with Crippen molar-refractivity contribution in [3.05, 3.63) is 71.2 Å². The van der Waals surface area contributed by atoms with Gasteiger partial charge < -0.3 is 25.2 Å². The number of aliphatic hydroxyl groups is 1. The van der Waals surface area contributed by atoms with E-state index in [9.17, 15) is 19.5 Å². The predicted molar refractivity (Wildman–Crippen MR) is 163 cm³/mol. The van der Waals surface area contributed by atoms with Gasteiger partial charge in [0.15, 0.2) is 6.10 Å². The summed E-state index contributed by atoms with van der Waals surface area (Å²) in [5, 5.41) is 11.0. The first kappa shape index (κ1) is 28.6. The summed E-state index contributed by atoms with van der Waals surface area (Å²) >= 11 is 1.14. The summed E-state index contributed by atoms with van der Waals surface area (Å²) in [6.45, 7) is 2.38. The lowest BCUT2D eigenvalue weighted by Crippen LogP contribution is -2.57. The Labute approximate surface area is 252 Å². The van der Waals surface area contributed by atoms with Crippen LogP contribution in [0.2, 0.25) is 0 Å². The van der Waals surface area contributed by atoms with Gasteiger partial charge in [-0.05, 0) is 61.7 Å². The third-order valence-corrected chi connectivity index (χ3v) is 8.82. The number of para-hydroxylation sites is 1. The number of piperidine rings is 1. The van der Waals surface area contributed by atoms with Gasteiger partial charge in [-0.15, -0.1) is 11.3 Å². The van der Waals surface area contributed by atoms with Crippen molar-refractivity contribution in [1.29, 1.82) is 0 Å². The van der Waals surface area contributed by atoms with Crippen LogP contribution in [0.15, 0.2) is 60.8 Å². The summed E-state index contributed by atoms with van der Waals surface area (Å²) in [5.74, 6) is 0.190. The number of nitrogens with two attached hydrogens (primary N) is 1. The number of aryl methyl sites for hydroxylation is 1. The number of urea groups is 1. The Morgan fingerprint density at radius 2 is 1.93 bits per heavy atom. The highest BCUT2D eigenvalue weighted by Crippen LogP contribution is 2.50. The maximum Gasteiger partial charge on any atom is 0.334 e. The largest absolute Gasteiger partial charge is 0.457 e. The Hall–Kier alpha value is -4.52. The summed E-state index contributed by atoms with van der Waals surface area (Å²) < 4.78 is 11.0. The molecule has 2 aliphatic heterocycles. The van der Waals surface area contributed by atoms with E-state index in [1.807, 2.05) is 55.5 Å². The topological polar surface area (TPSA) is 139 Å². The molecule has 11 nitrogen and oxygen atoms in total. The molecular formula is C31H31N5O6S. The SMILES string of the molecule is COC[C@H](O)C(=O)N1CCC[C@@H](N2C(=O)N(c3ccc(Oc4ccccc4)cc3C)c3ccnc4sc(C(N)=O)c2c34)C1. The molecule has 3 N–H and O–H groups in total. The average molecular weight is 602 g/mol. The van der Waals surface area contributed by atoms with Crippen LogP contribution in [0.25, 0.3) is 10.2 Å². The highest BCUT2D eigenvalue weighted by atomic mass is 32.1. The Balaban J connectivity index is 1.43. The molecule has 0 unspecified atom stereocenters. The van der Waals surface area contributed by atoms with E-state index in [1.54, 1.807) is 27.0 Å². The van der Waals surface area contributed by atoms with E-state index in [0.717, 1.165) is 16.9 Å². The molecule has 2 aromatic heterocycles. The second-order valence-corrected chi connectivity index (χ2v) is 11.6. The quantitative estimate of drug-likeness (QED) is 0.302. The lowest BCUT2D eigenvalue weighted by atomic mass is 10.00. The number of hydrogen-bond donors (Lipinski definition) is 2. The lowest BCUT2D eigenvalue weighted by Gasteiger charge is -2.44. The summed E-state index contributed by atoms with van der Waals surface area (Å²) in [6, 6.07) is 15.8. The minimum absolute atomic E-state index is 0.129. The molecular weight excluding hydrogens is 570 g/mol. The van der Waals surface area contributed by atoms with Gasteiger partial charge in [-0.2, -0.15) is 0 Å². The van der Waals surface area contributed by atoms with E-state index in [2.05, 4.69) is 4.98 Å². The molecule has 4 heterocycles. The van der Waals surface area contributed by atoms with Crippen molar-refractivity contribution >= 4 is 56.5 Å². The molecule has 1 saturated heterocycles. The molecule has 0 aliphatic carbocycles. The molecule has 1 fully saturated rings. The number of aromatic nitrogens is 1. The number of primary amides is 1. The summed E-state index contributed by atoms with van der Waals surface area (Å²) in [5.41, 5.74) is 8.26. The van der Waals surface area contributed by atoms with Crippen molar-refractivity contribution in [2.24, 2.45) is 5.73 Å². The Kier molecular flexibility index (Phi) is 7.74. The molecule has 4 aromatic rings. The number of benzene rings is 2. The number of anilines is 3. The Morgan fingerprint density at radius 3 is 2.65 bits per heavy atom. The standard InChI is InChI=1S/C31H31N5O6S/c1-18-15-21(42-20-8-4-3-5-9-20)10-11-22(18)36-23-12-13-33-29-25(23)26(27(43-29)28(32)38)35(31(36)40)19-7-6-14-34(16-19)30(39)24(37)17-41-2/h3-5,8-13,15,19,24,37H,6-7,14,16-17H2,1-2H3,(H2,32,38)/t19-,24+/m1/s1. The smallest absolute Gasteiger partial charge is 0.334 e. The van der Waals surface area contributed by atoms with Gasteiger partial charge in [0.05, 0.1) is 35.1 Å². The average Bonchev–Trinajstić information content (AvgIpc) is 3.39. The first-order valence-electron chi connectivity index (χ1n) is 13.9. The zero-order valence-electron chi connectivity index (χ0n) is 23.7. The Morgan fingerprint density at radius 1 is 1.14 bits per heavy atom. The van der Waals surface area contributed by atoms with Crippen molar-refractivity contribution in [2.45, 2.75) is 31.9 Å². The van der Waals surface area contributed by atoms with Crippen molar-refractivity contribution in [2.75, 3.05) is 36.6 Å². The minimum atomic E-state index is -1.31. The van der Waals surface area contributed by atoms with Crippen molar-refractivity contribution in [3.8, 4) is 11.5 Å². The normalized spacial score (nSPS) is 17.3. The molecule has 2 aromatic carbocycles. The first-order chi connectivity index (χ1) is 20.8. The molecule has 2 atom stereocenters. The van der Waals surface area contributed by atoms with Crippen LogP contribution in [0.4, 0.5) is 21.9 Å². The molecule has 2 aliphatic rings. The van der Waals surface area contributed by atoms with E-state index >= 15 is 0 Å². The third kappa shape index (κ3) is 5.18. The van der Waals surface area contributed by atoms with E-state index in [1.165, 1.54) is 7.11 Å². The summed E-state index contributed by atoms with van der Waals surface area (Å²) in [7, 11) is 1.41. The number of pyridine rings is 1. The molecule has 0 spiro atoms. The van der Waals surface area contributed by atoms with E-state index in [0.29, 0.717) is 58.2 Å². The first-order valence-corrected chi connectivity index (χ1v) is 14.7. The maximum absolute atomic E-state index is 14.6. The van der Waals surface area contributed by atoms with Gasteiger partial charge in [-0.3, -0.25) is 19.4 Å². The number of ether oxygens (including phenoxy) is 2. The number of thiophene rings is 1. The molecule has 0 bridgehead atoms. The molecule has 6 rings (SSSR count). The van der Waals surface area contributed by atoms with Crippen LogP contribution in [0.1, 0.15) is 28.1 Å². The van der Waals surface area contributed by atoms with Crippen LogP contribution in [-0.2, 0) is 9.53 Å². The van der Waals surface area contributed by atoms with Gasteiger partial charge in [0.2, 0.25) is 0 Å². The highest BCUT2D eigenvalue weighted by molar-refractivity contribution is 7.21. The highest BCUT2D eigenvalue weighted by Gasteiger charge is 2.43. The van der Waals surface area contributed by atoms with Crippen molar-refractivity contribution in [1.82, 2.24) is 9.88 Å². The van der Waals surface area contributed by atoms with Crippen LogP contribution in [0, 0.1) is 6.92 Å². The second kappa shape index (κ2) is 11.6. The fourth-order valence-electron chi connectivity index (χ4n) is 5.83. The predicted octanol–water partition coefficient (Wildman–Crippen LogP) is 4.57. The fourth-order valence-corrected chi connectivity index (χ4v) is 6.83. The van der Waals surface area contributed by atoms with Gasteiger partial charge in [0.25, 0.3) is 11.8 Å². The van der Waals surface area contributed by atoms with Crippen LogP contribution in [0.5, 0.6) is 11.5 Å². The maximum atomic E-state index is 14.6. The summed E-state index contributed by atoms with van der Waals surface area (Å²) in [4.78, 5) is 50.4. The molecule has 4 amide bonds. The van der Waals surface area contributed by atoms with Gasteiger partial charge in [0.1, 0.15) is 21.2 Å². The third-order valence-electron chi connectivity index (χ3n) is 7.72. The number of aliphatic hydroxyl groups excluding tert-OH is 1. The van der Waals surface area contributed by atoms with Crippen molar-refractivity contribution in [3.63, 3.8) is 0 Å². The number of carbonyl (C=O) groups excluding carboxylic acids is 3. The van der Waals surface area contributed by atoms with Crippen LogP contribution >= 0.6 is 11.3 Å². The van der Waals surface area contributed by atoms with Crippen LogP contribution in [0.3, 0.4) is 0 Å². The van der Waals surface area contributed by atoms with Crippen LogP contribution < -0.4 is 20.3 Å². The van der Waals surface area contributed by atoms with Crippen molar-refractivity contribution < 1.29 is 29.0 Å². The molecule has 0 saturated carbocycles. The van der Waals surface area contributed by atoms with Crippen LogP contribution in [-0.4, -0.2) is 71.8 Å². The second-order valence-electron chi connectivity index (χ2n) is 10.6. The zero-order chi connectivity index (χ0) is 30.2. The number of carbonyl (C=O) groups is 3. The Bertz CT molecular complexity index is 1710. The molecule has 0 radical (unpaired) electrons. The number of likely N-dealkylation sites (tertiary alicyclic amines) is 1. The zero-order valence-corrected chi connectivity index (χ0v) is 24.5. The number of rotatable bonds is 8. The molecule has 12 heteroatoms. The molecule has 222 valence electrons. The summed E-state index contributed by atoms with van der Waals surface area (Å²) in [6.07, 6.45) is 1.48. The fraction of sp³-hybridized carbons (Fsp3) is 0.290. The number of nitrogens with zero attached hydrogens (tertiary/aromatic N) is 4. The lowest BCUT2D eigenvalue weighted by molar-refractivity contribution is -0.143. The van der Waals surface area contributed by atoms with Gasteiger partial charge in [0, 0.05) is 26.4 Å². The monoisotopic (exact) mass is 601 g/mol. The number of methoxy groups -OCH3 is 1. The van der Waals surface area contributed by atoms with Gasteiger partial charge >= 0.3 is 6.03 Å². The van der Waals surface area contributed by atoms with E-state index in [4.69, 9.17) is 15.2 Å². The minimum Gasteiger partial charge on any atom is -0.457 e. The number of hydrogen-bond acceptors (Lipinski definition) is 8. The van der Waals surface area contributed by atoms with E-state index in [-0.39, 0.29) is 24.1 Å². The van der Waals surface area contributed by atoms with Gasteiger partial charge in [-0.25, -0.2) is 9.78 Å². The number of amides is 4. The van der Waals surface area contributed by atoms with E-state index < -0.39 is 24.0 Å².